The average Bonchev–Trinajstić information content (AvgIpc) is 2.99. The minimum Gasteiger partial charge on any atom is -0.462 e. The van der Waals surface area contributed by atoms with Gasteiger partial charge in [-0.3, -0.25) is 14.4 Å². The maximum absolute atomic E-state index is 12.4. The van der Waals surface area contributed by atoms with Crippen molar-refractivity contribution in [3.05, 3.63) is 12.2 Å². The van der Waals surface area contributed by atoms with Crippen LogP contribution in [0.2, 0.25) is 0 Å². The molecule has 0 aliphatic carbocycles. The van der Waals surface area contributed by atoms with Gasteiger partial charge < -0.3 is 14.2 Å². The summed E-state index contributed by atoms with van der Waals surface area (Å²) in [7, 11) is 0. The van der Waals surface area contributed by atoms with E-state index in [-0.39, 0.29) is 37.5 Å². The quantitative estimate of drug-likeness (QED) is 0.0344. The molecular formula is C36H66O6. The van der Waals surface area contributed by atoms with Gasteiger partial charge in [0.1, 0.15) is 13.2 Å². The molecule has 0 bridgehead atoms. The highest BCUT2D eigenvalue weighted by molar-refractivity contribution is 5.71. The van der Waals surface area contributed by atoms with Gasteiger partial charge in [-0.05, 0) is 32.1 Å². The fourth-order valence-corrected chi connectivity index (χ4v) is 4.89. The normalized spacial score (nSPS) is 12.0. The van der Waals surface area contributed by atoms with Gasteiger partial charge in [-0.25, -0.2) is 0 Å². The first-order chi connectivity index (χ1) is 20.5. The highest BCUT2D eigenvalue weighted by atomic mass is 16.6. The Morgan fingerprint density at radius 3 is 1.40 bits per heavy atom. The van der Waals surface area contributed by atoms with Crippen LogP contribution in [-0.4, -0.2) is 37.2 Å². The van der Waals surface area contributed by atoms with Gasteiger partial charge >= 0.3 is 17.9 Å². The molecule has 0 saturated carbocycles. The van der Waals surface area contributed by atoms with E-state index in [1.165, 1.54) is 89.9 Å². The topological polar surface area (TPSA) is 78.9 Å². The first kappa shape index (κ1) is 40.1. The third kappa shape index (κ3) is 29.6. The molecule has 0 aromatic heterocycles. The SMILES string of the molecule is CC/C=C/CCCCCCCC(=O)OCC(COC(=O)CC)OC(=O)CCCCCCCCCCCCCCCCC. The number of allylic oxidation sites excluding steroid dienone is 2. The summed E-state index contributed by atoms with van der Waals surface area (Å²) in [6.07, 6.45) is 31.2. The molecule has 0 spiro atoms. The zero-order chi connectivity index (χ0) is 30.9. The van der Waals surface area contributed by atoms with Crippen molar-refractivity contribution in [3.63, 3.8) is 0 Å². The zero-order valence-electron chi connectivity index (χ0n) is 27.8. The van der Waals surface area contributed by atoms with Crippen molar-refractivity contribution in [2.45, 2.75) is 187 Å². The molecule has 0 heterocycles. The molecule has 0 aliphatic heterocycles. The van der Waals surface area contributed by atoms with Gasteiger partial charge in [0.05, 0.1) is 0 Å². The van der Waals surface area contributed by atoms with Crippen molar-refractivity contribution in [2.75, 3.05) is 13.2 Å². The Bertz CT molecular complexity index is 659. The number of unbranched alkanes of at least 4 members (excludes halogenated alkanes) is 19. The molecule has 0 aromatic carbocycles. The van der Waals surface area contributed by atoms with E-state index in [1.54, 1.807) is 6.92 Å². The maximum Gasteiger partial charge on any atom is 0.306 e. The largest absolute Gasteiger partial charge is 0.462 e. The molecular weight excluding hydrogens is 528 g/mol. The van der Waals surface area contributed by atoms with Crippen LogP contribution in [0.15, 0.2) is 12.2 Å². The van der Waals surface area contributed by atoms with Crippen LogP contribution in [0, 0.1) is 0 Å². The van der Waals surface area contributed by atoms with Gasteiger partial charge in [0, 0.05) is 19.3 Å². The van der Waals surface area contributed by atoms with Crippen LogP contribution in [0.4, 0.5) is 0 Å². The lowest BCUT2D eigenvalue weighted by atomic mass is 10.0. The lowest BCUT2D eigenvalue weighted by Gasteiger charge is -2.18. The first-order valence-electron chi connectivity index (χ1n) is 17.7. The fraction of sp³-hybridized carbons (Fsp3) is 0.861. The molecule has 1 unspecified atom stereocenters. The number of esters is 3. The van der Waals surface area contributed by atoms with E-state index in [0.717, 1.165) is 51.4 Å². The highest BCUT2D eigenvalue weighted by Gasteiger charge is 2.19. The van der Waals surface area contributed by atoms with E-state index in [0.29, 0.717) is 12.8 Å². The molecule has 0 rings (SSSR count). The van der Waals surface area contributed by atoms with Gasteiger partial charge in [-0.1, -0.05) is 142 Å². The molecule has 0 fully saturated rings. The van der Waals surface area contributed by atoms with Crippen LogP contribution in [0.25, 0.3) is 0 Å². The Labute approximate surface area is 259 Å². The van der Waals surface area contributed by atoms with Crippen LogP contribution in [0.1, 0.15) is 181 Å². The Morgan fingerprint density at radius 1 is 0.500 bits per heavy atom. The summed E-state index contributed by atoms with van der Waals surface area (Å²) in [6.45, 7) is 5.95. The molecule has 42 heavy (non-hydrogen) atoms. The molecule has 0 radical (unpaired) electrons. The Kier molecular flexibility index (Phi) is 30.7. The Morgan fingerprint density at radius 2 is 0.929 bits per heavy atom. The molecule has 0 saturated heterocycles. The van der Waals surface area contributed by atoms with Gasteiger partial charge in [-0.2, -0.15) is 0 Å². The number of carbonyl (C=O) groups is 3. The van der Waals surface area contributed by atoms with Gasteiger partial charge in [0.2, 0.25) is 0 Å². The van der Waals surface area contributed by atoms with Crippen LogP contribution in [0.5, 0.6) is 0 Å². The Hall–Kier alpha value is -1.85. The minimum atomic E-state index is -0.760. The van der Waals surface area contributed by atoms with E-state index in [4.69, 9.17) is 14.2 Å². The van der Waals surface area contributed by atoms with Crippen LogP contribution >= 0.6 is 0 Å². The summed E-state index contributed by atoms with van der Waals surface area (Å²) in [5.41, 5.74) is 0. The summed E-state index contributed by atoms with van der Waals surface area (Å²) in [5, 5.41) is 0. The van der Waals surface area contributed by atoms with Crippen molar-refractivity contribution in [3.8, 4) is 0 Å². The first-order valence-corrected chi connectivity index (χ1v) is 17.7. The van der Waals surface area contributed by atoms with Crippen LogP contribution in [-0.2, 0) is 28.6 Å². The fourth-order valence-electron chi connectivity index (χ4n) is 4.89. The van der Waals surface area contributed by atoms with Crippen LogP contribution < -0.4 is 0 Å². The van der Waals surface area contributed by atoms with Crippen molar-refractivity contribution in [1.29, 1.82) is 0 Å². The van der Waals surface area contributed by atoms with Gasteiger partial charge in [0.25, 0.3) is 0 Å². The second kappa shape index (κ2) is 32.1. The monoisotopic (exact) mass is 594 g/mol. The predicted octanol–water partition coefficient (Wildman–Crippen LogP) is 10.4. The molecule has 6 heteroatoms. The van der Waals surface area contributed by atoms with Crippen molar-refractivity contribution < 1.29 is 28.6 Å². The number of carbonyl (C=O) groups excluding carboxylic acids is 3. The molecule has 0 aromatic rings. The molecule has 1 atom stereocenters. The van der Waals surface area contributed by atoms with Gasteiger partial charge in [-0.15, -0.1) is 0 Å². The lowest BCUT2D eigenvalue weighted by Crippen LogP contribution is -2.30. The summed E-state index contributed by atoms with van der Waals surface area (Å²) in [5.74, 6) is -0.992. The highest BCUT2D eigenvalue weighted by Crippen LogP contribution is 2.14. The van der Waals surface area contributed by atoms with E-state index < -0.39 is 6.10 Å². The third-order valence-electron chi connectivity index (χ3n) is 7.59. The summed E-state index contributed by atoms with van der Waals surface area (Å²) in [4.78, 5) is 36.2. The maximum atomic E-state index is 12.4. The van der Waals surface area contributed by atoms with E-state index >= 15 is 0 Å². The second-order valence-corrected chi connectivity index (χ2v) is 11.7. The minimum absolute atomic E-state index is 0.0792. The molecule has 0 aliphatic rings. The van der Waals surface area contributed by atoms with Crippen molar-refractivity contribution in [1.82, 2.24) is 0 Å². The third-order valence-corrected chi connectivity index (χ3v) is 7.59. The molecule has 0 N–H and O–H groups in total. The number of hydrogen-bond donors (Lipinski definition) is 0. The van der Waals surface area contributed by atoms with Gasteiger partial charge in [0.15, 0.2) is 6.10 Å². The molecule has 6 nitrogen and oxygen atoms in total. The zero-order valence-corrected chi connectivity index (χ0v) is 27.8. The standard InChI is InChI=1S/C36H66O6/c1-4-7-9-11-13-15-16-17-18-19-20-22-24-26-28-30-36(39)42-33(31-40-34(37)6-3)32-41-35(38)29-27-25-23-21-14-12-10-8-5-2/h8,10,33H,4-7,9,11-32H2,1-3H3/b10-8+. The summed E-state index contributed by atoms with van der Waals surface area (Å²) >= 11 is 0. The van der Waals surface area contributed by atoms with Crippen molar-refractivity contribution >= 4 is 17.9 Å². The number of rotatable bonds is 31. The smallest absolute Gasteiger partial charge is 0.306 e. The average molecular weight is 595 g/mol. The molecule has 0 amide bonds. The number of ether oxygens (including phenoxy) is 3. The summed E-state index contributed by atoms with van der Waals surface area (Å²) < 4.78 is 16.0. The van der Waals surface area contributed by atoms with E-state index in [9.17, 15) is 14.4 Å². The number of hydrogen-bond acceptors (Lipinski definition) is 6. The lowest BCUT2D eigenvalue weighted by molar-refractivity contribution is -0.166. The Balaban J connectivity index is 3.94. The predicted molar refractivity (Wildman–Crippen MR) is 173 cm³/mol. The van der Waals surface area contributed by atoms with Crippen LogP contribution in [0.3, 0.4) is 0 Å². The second-order valence-electron chi connectivity index (χ2n) is 11.7. The molecule has 246 valence electrons. The van der Waals surface area contributed by atoms with E-state index in [1.807, 2.05) is 0 Å². The van der Waals surface area contributed by atoms with Crippen molar-refractivity contribution in [2.24, 2.45) is 0 Å². The van der Waals surface area contributed by atoms with E-state index in [2.05, 4.69) is 26.0 Å². The summed E-state index contributed by atoms with van der Waals surface area (Å²) in [6, 6.07) is 0.